The van der Waals surface area contributed by atoms with E-state index in [1.807, 2.05) is 0 Å². The van der Waals surface area contributed by atoms with Crippen molar-refractivity contribution in [1.82, 2.24) is 5.32 Å². The summed E-state index contributed by atoms with van der Waals surface area (Å²) in [5.41, 5.74) is 1.43. The molecule has 0 radical (unpaired) electrons. The highest BCUT2D eigenvalue weighted by molar-refractivity contribution is 4.99. The Morgan fingerprint density at radius 2 is 1.85 bits per heavy atom. The van der Waals surface area contributed by atoms with Gasteiger partial charge in [0.05, 0.1) is 0 Å². The van der Waals surface area contributed by atoms with Crippen LogP contribution in [-0.4, -0.2) is 12.6 Å². The van der Waals surface area contributed by atoms with E-state index in [2.05, 4.69) is 25.7 Å². The van der Waals surface area contributed by atoms with Crippen LogP contribution in [0.3, 0.4) is 0 Å². The van der Waals surface area contributed by atoms with Crippen molar-refractivity contribution in [3.63, 3.8) is 0 Å². The summed E-state index contributed by atoms with van der Waals surface area (Å²) in [5.74, 6) is 3.02. The van der Waals surface area contributed by atoms with Crippen LogP contribution in [0.4, 0.5) is 0 Å². The van der Waals surface area contributed by atoms with E-state index in [0.717, 1.165) is 24.2 Å². The Balaban J connectivity index is 1.91. The molecule has 0 aromatic rings. The fourth-order valence-electron chi connectivity index (χ4n) is 4.47. The van der Waals surface area contributed by atoms with E-state index in [1.165, 1.54) is 69.9 Å². The van der Waals surface area contributed by atoms with Crippen LogP contribution >= 0.6 is 0 Å². The highest BCUT2D eigenvalue weighted by Gasteiger charge is 2.35. The lowest BCUT2D eigenvalue weighted by Gasteiger charge is -2.42. The van der Waals surface area contributed by atoms with Crippen molar-refractivity contribution in [3.8, 4) is 0 Å². The Morgan fingerprint density at radius 1 is 1.10 bits per heavy atom. The van der Waals surface area contributed by atoms with E-state index in [0.29, 0.717) is 6.04 Å². The summed E-state index contributed by atoms with van der Waals surface area (Å²) < 4.78 is 0. The minimum atomic E-state index is 0.699. The SMILES string of the molecule is C=C(CC)CC(NCCC)C1CCC2CCCCC2C1. The molecule has 2 saturated carbocycles. The quantitative estimate of drug-likeness (QED) is 0.621. The first kappa shape index (κ1) is 16.1. The minimum Gasteiger partial charge on any atom is -0.313 e. The summed E-state index contributed by atoms with van der Waals surface area (Å²) in [6.07, 6.45) is 14.1. The van der Waals surface area contributed by atoms with Crippen molar-refractivity contribution in [3.05, 3.63) is 12.2 Å². The molecule has 0 spiro atoms. The molecular formula is C19H35N. The van der Waals surface area contributed by atoms with Crippen molar-refractivity contribution >= 4 is 0 Å². The topological polar surface area (TPSA) is 12.0 Å². The van der Waals surface area contributed by atoms with Gasteiger partial charge < -0.3 is 5.32 Å². The van der Waals surface area contributed by atoms with Crippen LogP contribution in [0.5, 0.6) is 0 Å². The molecule has 0 aliphatic heterocycles. The molecule has 4 unspecified atom stereocenters. The van der Waals surface area contributed by atoms with Gasteiger partial charge in [-0.25, -0.2) is 0 Å². The molecule has 116 valence electrons. The molecule has 2 fully saturated rings. The summed E-state index contributed by atoms with van der Waals surface area (Å²) in [6, 6.07) is 0.699. The van der Waals surface area contributed by atoms with Crippen LogP contribution in [0.25, 0.3) is 0 Å². The summed E-state index contributed by atoms with van der Waals surface area (Å²) >= 11 is 0. The lowest BCUT2D eigenvalue weighted by Crippen LogP contribution is -2.41. The van der Waals surface area contributed by atoms with E-state index in [4.69, 9.17) is 0 Å². The van der Waals surface area contributed by atoms with Gasteiger partial charge in [0.2, 0.25) is 0 Å². The molecule has 1 N–H and O–H groups in total. The lowest BCUT2D eigenvalue weighted by atomic mass is 9.65. The maximum atomic E-state index is 4.26. The summed E-state index contributed by atoms with van der Waals surface area (Å²) in [7, 11) is 0. The fourth-order valence-corrected chi connectivity index (χ4v) is 4.47. The van der Waals surface area contributed by atoms with E-state index >= 15 is 0 Å². The van der Waals surface area contributed by atoms with Crippen molar-refractivity contribution in [2.24, 2.45) is 17.8 Å². The summed E-state index contributed by atoms with van der Waals surface area (Å²) in [4.78, 5) is 0. The molecule has 2 aliphatic carbocycles. The number of rotatable bonds is 7. The van der Waals surface area contributed by atoms with Gasteiger partial charge in [-0.3, -0.25) is 0 Å². The molecule has 0 amide bonds. The van der Waals surface area contributed by atoms with Crippen LogP contribution in [0.2, 0.25) is 0 Å². The van der Waals surface area contributed by atoms with Gasteiger partial charge in [0.1, 0.15) is 0 Å². The van der Waals surface area contributed by atoms with Crippen molar-refractivity contribution in [2.45, 2.75) is 84.1 Å². The van der Waals surface area contributed by atoms with Gasteiger partial charge in [0, 0.05) is 6.04 Å². The summed E-state index contributed by atoms with van der Waals surface area (Å²) in [6.45, 7) is 9.95. The lowest BCUT2D eigenvalue weighted by molar-refractivity contribution is 0.109. The van der Waals surface area contributed by atoms with Gasteiger partial charge in [-0.1, -0.05) is 51.7 Å². The highest BCUT2D eigenvalue weighted by atomic mass is 14.9. The second-order valence-electron chi connectivity index (χ2n) is 7.25. The average molecular weight is 277 g/mol. The Kier molecular flexibility index (Phi) is 6.61. The second-order valence-corrected chi connectivity index (χ2v) is 7.25. The van der Waals surface area contributed by atoms with Crippen LogP contribution in [0, 0.1) is 17.8 Å². The Bertz CT molecular complexity index is 296. The fraction of sp³-hybridized carbons (Fsp3) is 0.895. The zero-order valence-electron chi connectivity index (χ0n) is 13.8. The largest absolute Gasteiger partial charge is 0.313 e. The van der Waals surface area contributed by atoms with Crippen molar-refractivity contribution in [1.29, 1.82) is 0 Å². The first-order chi connectivity index (χ1) is 9.74. The van der Waals surface area contributed by atoms with Gasteiger partial charge in [0.25, 0.3) is 0 Å². The van der Waals surface area contributed by atoms with Crippen molar-refractivity contribution < 1.29 is 0 Å². The molecule has 0 bridgehead atoms. The van der Waals surface area contributed by atoms with Gasteiger partial charge in [-0.15, -0.1) is 0 Å². The second kappa shape index (κ2) is 8.22. The van der Waals surface area contributed by atoms with Gasteiger partial charge >= 0.3 is 0 Å². The minimum absolute atomic E-state index is 0.699. The maximum Gasteiger partial charge on any atom is 0.0132 e. The molecule has 0 aromatic carbocycles. The molecule has 1 nitrogen and oxygen atoms in total. The molecule has 1 heteroatoms. The van der Waals surface area contributed by atoms with E-state index in [1.54, 1.807) is 0 Å². The molecule has 2 aliphatic rings. The smallest absolute Gasteiger partial charge is 0.0132 e. The molecule has 0 heterocycles. The monoisotopic (exact) mass is 277 g/mol. The Hall–Kier alpha value is -0.300. The van der Waals surface area contributed by atoms with Crippen LogP contribution in [-0.2, 0) is 0 Å². The molecular weight excluding hydrogens is 242 g/mol. The Labute approximate surface area is 126 Å². The summed E-state index contributed by atoms with van der Waals surface area (Å²) in [5, 5.41) is 3.84. The van der Waals surface area contributed by atoms with Gasteiger partial charge in [0.15, 0.2) is 0 Å². The molecule has 2 rings (SSSR count). The third-order valence-corrected chi connectivity index (χ3v) is 5.81. The van der Waals surface area contributed by atoms with Gasteiger partial charge in [-0.2, -0.15) is 0 Å². The number of hydrogen-bond donors (Lipinski definition) is 1. The van der Waals surface area contributed by atoms with E-state index in [-0.39, 0.29) is 0 Å². The normalized spacial score (nSPS) is 31.6. The van der Waals surface area contributed by atoms with Gasteiger partial charge in [-0.05, 0) is 62.8 Å². The van der Waals surface area contributed by atoms with Crippen LogP contribution in [0.1, 0.15) is 78.1 Å². The van der Waals surface area contributed by atoms with E-state index < -0.39 is 0 Å². The average Bonchev–Trinajstić information content (AvgIpc) is 2.50. The van der Waals surface area contributed by atoms with E-state index in [9.17, 15) is 0 Å². The third kappa shape index (κ3) is 4.35. The molecule has 0 aromatic heterocycles. The maximum absolute atomic E-state index is 4.26. The zero-order valence-corrected chi connectivity index (χ0v) is 13.8. The standard InChI is InChI=1S/C19H35N/c1-4-12-20-19(13-15(3)5-2)18-11-10-16-8-6-7-9-17(16)14-18/h16-20H,3-14H2,1-2H3. The first-order valence-corrected chi connectivity index (χ1v) is 9.14. The van der Waals surface area contributed by atoms with Crippen LogP contribution < -0.4 is 5.32 Å². The first-order valence-electron chi connectivity index (χ1n) is 9.14. The molecule has 20 heavy (non-hydrogen) atoms. The number of nitrogens with one attached hydrogen (secondary N) is 1. The zero-order chi connectivity index (χ0) is 14.4. The van der Waals surface area contributed by atoms with Crippen molar-refractivity contribution in [2.75, 3.05) is 6.54 Å². The predicted molar refractivity (Wildman–Crippen MR) is 88.9 cm³/mol. The highest BCUT2D eigenvalue weighted by Crippen LogP contribution is 2.44. The number of hydrogen-bond acceptors (Lipinski definition) is 1. The predicted octanol–water partition coefficient (Wildman–Crippen LogP) is 5.32. The third-order valence-electron chi connectivity index (χ3n) is 5.81. The molecule has 0 saturated heterocycles. The number of fused-ring (bicyclic) bond motifs is 1. The molecule has 4 atom stereocenters. The Morgan fingerprint density at radius 3 is 2.55 bits per heavy atom. The van der Waals surface area contributed by atoms with Crippen LogP contribution in [0.15, 0.2) is 12.2 Å².